The fourth-order valence-corrected chi connectivity index (χ4v) is 1.85. The average molecular weight is 277 g/mol. The summed E-state index contributed by atoms with van der Waals surface area (Å²) in [6.07, 6.45) is -0.807. The minimum absolute atomic E-state index is 0.000916. The summed E-state index contributed by atoms with van der Waals surface area (Å²) >= 11 is 1.30. The van der Waals surface area contributed by atoms with E-state index in [1.54, 1.807) is 12.1 Å². The van der Waals surface area contributed by atoms with Crippen molar-refractivity contribution in [2.24, 2.45) is 5.11 Å². The second-order valence-corrected chi connectivity index (χ2v) is 4.30. The lowest BCUT2D eigenvalue weighted by molar-refractivity contribution is 0.114. The molecule has 1 aromatic carbocycles. The molecule has 2 aromatic rings. The maximum absolute atomic E-state index is 9.44. The number of aromatic nitrogens is 2. The van der Waals surface area contributed by atoms with Gasteiger partial charge in [0.25, 0.3) is 0 Å². The third kappa shape index (κ3) is 3.92. The van der Waals surface area contributed by atoms with Crippen LogP contribution in [0.4, 0.5) is 0 Å². The molecule has 98 valence electrons. The van der Waals surface area contributed by atoms with Crippen LogP contribution in [0.15, 0.2) is 34.8 Å². The first-order valence-corrected chi connectivity index (χ1v) is 6.32. The molecule has 7 nitrogen and oxygen atoms in total. The predicted octanol–water partition coefficient (Wildman–Crippen LogP) is 2.26. The largest absolute Gasteiger partial charge is 0.491 e. The highest BCUT2D eigenvalue weighted by atomic mass is 32.1. The molecule has 0 aliphatic carbocycles. The van der Waals surface area contributed by atoms with Crippen LogP contribution in [0.3, 0.4) is 0 Å². The highest BCUT2D eigenvalue weighted by molar-refractivity contribution is 7.03. The first-order chi connectivity index (χ1) is 9.29. The van der Waals surface area contributed by atoms with Gasteiger partial charge in [0.05, 0.1) is 12.6 Å². The van der Waals surface area contributed by atoms with Gasteiger partial charge in [0.15, 0.2) is 0 Å². The van der Waals surface area contributed by atoms with Crippen molar-refractivity contribution in [3.8, 4) is 17.0 Å². The van der Waals surface area contributed by atoms with E-state index >= 15 is 0 Å². The third-order valence-corrected chi connectivity index (χ3v) is 2.81. The molecule has 19 heavy (non-hydrogen) atoms. The van der Waals surface area contributed by atoms with Crippen LogP contribution in [-0.4, -0.2) is 33.9 Å². The first kappa shape index (κ1) is 13.3. The number of aliphatic hydroxyl groups is 1. The van der Waals surface area contributed by atoms with E-state index in [-0.39, 0.29) is 13.2 Å². The van der Waals surface area contributed by atoms with Crippen LogP contribution in [0.1, 0.15) is 0 Å². The highest BCUT2D eigenvalue weighted by Crippen LogP contribution is 2.21. The zero-order chi connectivity index (χ0) is 13.5. The number of azide groups is 1. The zero-order valence-electron chi connectivity index (χ0n) is 9.88. The molecule has 0 radical (unpaired) electrons. The number of hydrogen-bond donors (Lipinski definition) is 1. The van der Waals surface area contributed by atoms with Gasteiger partial charge >= 0.3 is 0 Å². The lowest BCUT2D eigenvalue weighted by Gasteiger charge is -2.10. The van der Waals surface area contributed by atoms with Gasteiger partial charge in [0.1, 0.15) is 18.1 Å². The van der Waals surface area contributed by atoms with Crippen LogP contribution < -0.4 is 4.74 Å². The lowest BCUT2D eigenvalue weighted by atomic mass is 10.2. The molecule has 2 rings (SSSR count). The van der Waals surface area contributed by atoms with Crippen LogP contribution in [0, 0.1) is 0 Å². The van der Waals surface area contributed by atoms with E-state index < -0.39 is 6.10 Å². The molecule has 8 heteroatoms. The van der Waals surface area contributed by atoms with Crippen LogP contribution >= 0.6 is 11.5 Å². The zero-order valence-corrected chi connectivity index (χ0v) is 10.7. The number of nitrogens with zero attached hydrogens (tertiary/aromatic N) is 5. The van der Waals surface area contributed by atoms with Crippen molar-refractivity contribution < 1.29 is 9.84 Å². The molecule has 0 saturated heterocycles. The Hall–Kier alpha value is -2.15. The Morgan fingerprint density at radius 2 is 2.21 bits per heavy atom. The van der Waals surface area contributed by atoms with Gasteiger partial charge in [-0.05, 0) is 41.3 Å². The SMILES string of the molecule is [N-]=[N+]=NCC(O)COc1ccc(-c2csnn2)cc1. The topological polar surface area (TPSA) is 104 Å². The summed E-state index contributed by atoms with van der Waals surface area (Å²) in [7, 11) is 0. The normalized spacial score (nSPS) is 11.6. The van der Waals surface area contributed by atoms with E-state index in [2.05, 4.69) is 19.6 Å². The van der Waals surface area contributed by atoms with Gasteiger partial charge in [-0.2, -0.15) is 0 Å². The lowest BCUT2D eigenvalue weighted by Crippen LogP contribution is -2.20. The van der Waals surface area contributed by atoms with Crippen molar-refractivity contribution in [2.75, 3.05) is 13.2 Å². The number of ether oxygens (including phenoxy) is 1. The molecule has 0 bridgehead atoms. The number of benzene rings is 1. The van der Waals surface area contributed by atoms with E-state index in [1.165, 1.54) is 11.5 Å². The Morgan fingerprint density at radius 1 is 1.42 bits per heavy atom. The monoisotopic (exact) mass is 277 g/mol. The van der Waals surface area contributed by atoms with E-state index in [0.717, 1.165) is 11.3 Å². The Kier molecular flexibility index (Phi) is 4.68. The van der Waals surface area contributed by atoms with Crippen molar-refractivity contribution in [1.29, 1.82) is 0 Å². The molecule has 1 aromatic heterocycles. The van der Waals surface area contributed by atoms with Crippen LogP contribution in [0.2, 0.25) is 0 Å². The molecule has 0 aliphatic rings. The van der Waals surface area contributed by atoms with Gasteiger partial charge in [-0.1, -0.05) is 9.60 Å². The molecule has 0 aliphatic heterocycles. The van der Waals surface area contributed by atoms with Crippen molar-refractivity contribution in [3.05, 3.63) is 40.1 Å². The van der Waals surface area contributed by atoms with E-state index in [0.29, 0.717) is 5.75 Å². The van der Waals surface area contributed by atoms with Gasteiger partial charge in [-0.3, -0.25) is 0 Å². The summed E-state index contributed by atoms with van der Waals surface area (Å²) in [5.74, 6) is 0.631. The first-order valence-electron chi connectivity index (χ1n) is 5.49. The second-order valence-electron chi connectivity index (χ2n) is 3.69. The molecule has 0 amide bonds. The molecule has 1 unspecified atom stereocenters. The van der Waals surface area contributed by atoms with Crippen molar-refractivity contribution in [1.82, 2.24) is 9.59 Å². The fraction of sp³-hybridized carbons (Fsp3) is 0.273. The molecule has 0 fully saturated rings. The number of hydrogen-bond acceptors (Lipinski definition) is 6. The van der Waals surface area contributed by atoms with Gasteiger partial charge in [-0.25, -0.2) is 0 Å². The molecule has 1 heterocycles. The van der Waals surface area contributed by atoms with Gasteiger partial charge in [0.2, 0.25) is 0 Å². The summed E-state index contributed by atoms with van der Waals surface area (Å²) in [4.78, 5) is 2.57. The number of aliphatic hydroxyl groups excluding tert-OH is 1. The summed E-state index contributed by atoms with van der Waals surface area (Å²) in [5.41, 5.74) is 9.89. The van der Waals surface area contributed by atoms with Crippen molar-refractivity contribution in [3.63, 3.8) is 0 Å². The minimum Gasteiger partial charge on any atom is -0.491 e. The van der Waals surface area contributed by atoms with Crippen LogP contribution in [-0.2, 0) is 0 Å². The summed E-state index contributed by atoms with van der Waals surface area (Å²) in [5, 5.41) is 18.5. The minimum atomic E-state index is -0.807. The smallest absolute Gasteiger partial charge is 0.119 e. The summed E-state index contributed by atoms with van der Waals surface area (Å²) in [6.45, 7) is 0.0791. The van der Waals surface area contributed by atoms with E-state index in [9.17, 15) is 5.11 Å². The van der Waals surface area contributed by atoms with Crippen molar-refractivity contribution in [2.45, 2.75) is 6.10 Å². The Bertz CT molecular complexity index is 551. The van der Waals surface area contributed by atoms with Crippen LogP contribution in [0.25, 0.3) is 21.7 Å². The second kappa shape index (κ2) is 6.69. The van der Waals surface area contributed by atoms with Gasteiger partial charge in [-0.15, -0.1) is 5.10 Å². The Balaban J connectivity index is 1.90. The maximum Gasteiger partial charge on any atom is 0.119 e. The summed E-state index contributed by atoms with van der Waals surface area (Å²) in [6, 6.07) is 7.31. The standard InChI is InChI=1S/C11H11N5O2S/c12-15-13-5-9(17)6-18-10-3-1-8(2-4-10)11-7-19-16-14-11/h1-4,7,9,17H,5-6H2. The predicted molar refractivity (Wildman–Crippen MR) is 70.9 cm³/mol. The van der Waals surface area contributed by atoms with E-state index in [4.69, 9.17) is 10.3 Å². The van der Waals surface area contributed by atoms with E-state index in [1.807, 2.05) is 17.5 Å². The fourth-order valence-electron chi connectivity index (χ4n) is 1.39. The maximum atomic E-state index is 9.44. The third-order valence-electron chi connectivity index (χ3n) is 2.31. The average Bonchev–Trinajstić information content (AvgIpc) is 2.97. The molecule has 1 atom stereocenters. The van der Waals surface area contributed by atoms with Crippen LogP contribution in [0.5, 0.6) is 5.75 Å². The molecular formula is C11H11N5O2S. The van der Waals surface area contributed by atoms with Gasteiger partial charge in [0, 0.05) is 15.9 Å². The quantitative estimate of drug-likeness (QED) is 0.496. The Morgan fingerprint density at radius 3 is 2.84 bits per heavy atom. The molecule has 0 saturated carbocycles. The molecular weight excluding hydrogens is 266 g/mol. The Labute approximate surface area is 113 Å². The van der Waals surface area contributed by atoms with Crippen molar-refractivity contribution >= 4 is 11.5 Å². The number of rotatable bonds is 6. The van der Waals surface area contributed by atoms with Gasteiger partial charge < -0.3 is 9.84 Å². The molecule has 1 N–H and O–H groups in total. The summed E-state index contributed by atoms with van der Waals surface area (Å²) < 4.78 is 9.17. The molecule has 0 spiro atoms. The highest BCUT2D eigenvalue weighted by Gasteiger charge is 2.05.